The van der Waals surface area contributed by atoms with Gasteiger partial charge in [0.15, 0.2) is 6.10 Å². The molecule has 34 heavy (non-hydrogen) atoms. The summed E-state index contributed by atoms with van der Waals surface area (Å²) < 4.78 is 24.3. The SMILES string of the molecule is CCCCO[C@H]([C@@H](OCCCC)C(=O)N1CCOCC1)[C@H](OCc1ccccc1)C(C)(O)CC. The van der Waals surface area contributed by atoms with Crippen molar-refractivity contribution < 1.29 is 28.8 Å². The fraction of sp³-hybridized carbons (Fsp3) is 0.741. The maximum atomic E-state index is 13.7. The van der Waals surface area contributed by atoms with Crippen molar-refractivity contribution in [3.8, 4) is 0 Å². The Morgan fingerprint density at radius 2 is 1.65 bits per heavy atom. The van der Waals surface area contributed by atoms with Gasteiger partial charge in [0.05, 0.1) is 25.4 Å². The lowest BCUT2D eigenvalue weighted by Gasteiger charge is -2.41. The molecular formula is C27H45NO6. The van der Waals surface area contributed by atoms with Crippen LogP contribution in [0.1, 0.15) is 65.4 Å². The third kappa shape index (κ3) is 8.93. The van der Waals surface area contributed by atoms with Crippen LogP contribution in [-0.2, 0) is 30.3 Å². The van der Waals surface area contributed by atoms with E-state index >= 15 is 0 Å². The average molecular weight is 480 g/mol. The lowest BCUT2D eigenvalue weighted by molar-refractivity contribution is -0.207. The van der Waals surface area contributed by atoms with Gasteiger partial charge in [-0.3, -0.25) is 4.79 Å². The first-order valence-corrected chi connectivity index (χ1v) is 12.9. The predicted octanol–water partition coefficient (Wildman–Crippen LogP) is 3.96. The zero-order valence-corrected chi connectivity index (χ0v) is 21.5. The normalized spacial score (nSPS) is 18.8. The first-order chi connectivity index (χ1) is 16.4. The molecule has 1 N–H and O–H groups in total. The number of amides is 1. The molecule has 1 aromatic rings. The molecule has 1 heterocycles. The highest BCUT2D eigenvalue weighted by atomic mass is 16.6. The molecule has 0 radical (unpaired) electrons. The van der Waals surface area contributed by atoms with Gasteiger partial charge in [0.2, 0.25) is 0 Å². The van der Waals surface area contributed by atoms with Crippen molar-refractivity contribution in [3.05, 3.63) is 35.9 Å². The summed E-state index contributed by atoms with van der Waals surface area (Å²) in [5.74, 6) is -0.124. The van der Waals surface area contributed by atoms with Crippen molar-refractivity contribution in [1.82, 2.24) is 4.90 Å². The van der Waals surface area contributed by atoms with Crippen LogP contribution in [-0.4, -0.2) is 79.3 Å². The highest BCUT2D eigenvalue weighted by molar-refractivity contribution is 5.82. The van der Waals surface area contributed by atoms with Crippen LogP contribution in [0.15, 0.2) is 30.3 Å². The van der Waals surface area contributed by atoms with Gasteiger partial charge in [-0.05, 0) is 31.7 Å². The smallest absolute Gasteiger partial charge is 0.254 e. The number of aliphatic hydroxyl groups is 1. The van der Waals surface area contributed by atoms with E-state index in [1.54, 1.807) is 11.8 Å². The van der Waals surface area contributed by atoms with Gasteiger partial charge >= 0.3 is 0 Å². The molecule has 0 aliphatic carbocycles. The van der Waals surface area contributed by atoms with Gasteiger partial charge in [-0.2, -0.15) is 0 Å². The maximum Gasteiger partial charge on any atom is 0.254 e. The summed E-state index contributed by atoms with van der Waals surface area (Å²) in [6.07, 6.45) is 1.72. The van der Waals surface area contributed by atoms with Crippen molar-refractivity contribution in [2.24, 2.45) is 0 Å². The van der Waals surface area contributed by atoms with Crippen molar-refractivity contribution >= 4 is 5.91 Å². The molecule has 7 nitrogen and oxygen atoms in total. The number of unbranched alkanes of at least 4 members (excludes halogenated alkanes) is 2. The lowest BCUT2D eigenvalue weighted by Crippen LogP contribution is -2.59. The molecule has 0 saturated carbocycles. The lowest BCUT2D eigenvalue weighted by atomic mass is 9.88. The van der Waals surface area contributed by atoms with Crippen LogP contribution in [0.5, 0.6) is 0 Å². The summed E-state index contributed by atoms with van der Waals surface area (Å²) >= 11 is 0. The van der Waals surface area contributed by atoms with E-state index in [1.807, 2.05) is 37.3 Å². The first-order valence-electron chi connectivity index (χ1n) is 12.9. The Morgan fingerprint density at radius 1 is 1.03 bits per heavy atom. The van der Waals surface area contributed by atoms with Crippen LogP contribution >= 0.6 is 0 Å². The molecule has 4 atom stereocenters. The van der Waals surface area contributed by atoms with Gasteiger partial charge in [-0.25, -0.2) is 0 Å². The number of nitrogens with zero attached hydrogens (tertiary/aromatic N) is 1. The number of hydrogen-bond acceptors (Lipinski definition) is 6. The molecule has 2 rings (SSSR count). The number of ether oxygens (including phenoxy) is 4. The molecule has 7 heteroatoms. The number of rotatable bonds is 16. The summed E-state index contributed by atoms with van der Waals surface area (Å²) in [6, 6.07) is 9.84. The highest BCUT2D eigenvalue weighted by Crippen LogP contribution is 2.28. The van der Waals surface area contributed by atoms with E-state index in [1.165, 1.54) is 0 Å². The van der Waals surface area contributed by atoms with Crippen LogP contribution in [0.4, 0.5) is 0 Å². The van der Waals surface area contributed by atoms with Crippen LogP contribution in [0.2, 0.25) is 0 Å². The summed E-state index contributed by atoms with van der Waals surface area (Å²) in [5.41, 5.74) is -0.210. The van der Waals surface area contributed by atoms with E-state index in [2.05, 4.69) is 13.8 Å². The fourth-order valence-electron chi connectivity index (χ4n) is 3.91. The van der Waals surface area contributed by atoms with Crippen LogP contribution in [0, 0.1) is 0 Å². The quantitative estimate of drug-likeness (QED) is 0.362. The van der Waals surface area contributed by atoms with E-state index in [4.69, 9.17) is 18.9 Å². The summed E-state index contributed by atoms with van der Waals surface area (Å²) in [6.45, 7) is 11.1. The Morgan fingerprint density at radius 3 is 2.24 bits per heavy atom. The van der Waals surface area contributed by atoms with Gasteiger partial charge in [-0.15, -0.1) is 0 Å². The number of benzene rings is 1. The number of carbonyl (C=O) groups is 1. The second-order valence-corrected chi connectivity index (χ2v) is 9.20. The number of hydrogen-bond donors (Lipinski definition) is 1. The van der Waals surface area contributed by atoms with E-state index in [-0.39, 0.29) is 5.91 Å². The Balaban J connectivity index is 2.35. The van der Waals surface area contributed by atoms with E-state index in [0.717, 1.165) is 31.2 Å². The van der Waals surface area contributed by atoms with Gasteiger partial charge in [-0.1, -0.05) is 63.9 Å². The van der Waals surface area contributed by atoms with E-state index in [0.29, 0.717) is 52.5 Å². The predicted molar refractivity (Wildman–Crippen MR) is 133 cm³/mol. The molecule has 1 amide bonds. The average Bonchev–Trinajstić information content (AvgIpc) is 2.87. The third-order valence-corrected chi connectivity index (χ3v) is 6.37. The van der Waals surface area contributed by atoms with Gasteiger partial charge in [0.25, 0.3) is 5.91 Å². The summed E-state index contributed by atoms with van der Waals surface area (Å²) in [4.78, 5) is 15.5. The molecule has 1 unspecified atom stereocenters. The molecule has 0 spiro atoms. The van der Waals surface area contributed by atoms with Crippen LogP contribution in [0.3, 0.4) is 0 Å². The molecule has 0 aromatic heterocycles. The Labute approximate surface area is 205 Å². The zero-order valence-electron chi connectivity index (χ0n) is 21.5. The minimum Gasteiger partial charge on any atom is -0.387 e. The molecule has 0 bridgehead atoms. The Kier molecular flexibility index (Phi) is 13.1. The van der Waals surface area contributed by atoms with E-state index < -0.39 is 23.9 Å². The molecule has 1 aliphatic rings. The maximum absolute atomic E-state index is 13.7. The zero-order chi connectivity index (χ0) is 24.8. The molecule has 194 valence electrons. The Hall–Kier alpha value is -1.51. The minimum absolute atomic E-state index is 0.124. The van der Waals surface area contributed by atoms with Gasteiger partial charge < -0.3 is 29.0 Å². The molecule has 1 aliphatic heterocycles. The first kappa shape index (κ1) is 28.7. The minimum atomic E-state index is -1.21. The van der Waals surface area contributed by atoms with Crippen molar-refractivity contribution in [1.29, 1.82) is 0 Å². The Bertz CT molecular complexity index is 677. The number of carbonyl (C=O) groups excluding carboxylic acids is 1. The monoisotopic (exact) mass is 479 g/mol. The van der Waals surface area contributed by atoms with Gasteiger partial charge in [0.1, 0.15) is 12.2 Å². The second kappa shape index (κ2) is 15.5. The van der Waals surface area contributed by atoms with Crippen LogP contribution in [0.25, 0.3) is 0 Å². The highest BCUT2D eigenvalue weighted by Gasteiger charge is 2.46. The molecule has 1 fully saturated rings. The topological polar surface area (TPSA) is 77.5 Å². The van der Waals surface area contributed by atoms with E-state index in [9.17, 15) is 9.90 Å². The largest absolute Gasteiger partial charge is 0.387 e. The second-order valence-electron chi connectivity index (χ2n) is 9.20. The molecule has 1 aromatic carbocycles. The molecular weight excluding hydrogens is 434 g/mol. The van der Waals surface area contributed by atoms with Gasteiger partial charge in [0, 0.05) is 26.3 Å². The standard InChI is InChI=1S/C27H45NO6/c1-5-8-17-32-23(24(33-18-9-6-2)26(29)28-15-19-31-20-16-28)25(27(4,30)7-3)34-21-22-13-11-10-12-14-22/h10-14,23-25,30H,5-9,15-21H2,1-4H3/t23-,24-,25+,27?/m1/s1. The van der Waals surface area contributed by atoms with Crippen molar-refractivity contribution in [2.45, 2.75) is 90.3 Å². The number of morpholine rings is 1. The summed E-state index contributed by atoms with van der Waals surface area (Å²) in [5, 5.41) is 11.4. The van der Waals surface area contributed by atoms with Crippen molar-refractivity contribution in [2.75, 3.05) is 39.5 Å². The fourth-order valence-corrected chi connectivity index (χ4v) is 3.91. The summed E-state index contributed by atoms with van der Waals surface area (Å²) in [7, 11) is 0. The third-order valence-electron chi connectivity index (χ3n) is 6.37. The van der Waals surface area contributed by atoms with Crippen molar-refractivity contribution in [3.63, 3.8) is 0 Å². The van der Waals surface area contributed by atoms with Crippen LogP contribution < -0.4 is 0 Å². The molecule has 1 saturated heterocycles.